The number of halogens is 2. The average Bonchev–Trinajstić information content (AvgIpc) is 3.09. The van der Waals surface area contributed by atoms with Crippen LogP contribution >= 0.6 is 0 Å². The van der Waals surface area contributed by atoms with Crippen LogP contribution in [0.3, 0.4) is 0 Å². The molecule has 0 aliphatic carbocycles. The Hall–Kier alpha value is -3.16. The van der Waals surface area contributed by atoms with Crippen molar-refractivity contribution >= 4 is 21.8 Å². The smallest absolute Gasteiger partial charge is 0.409 e. The topological polar surface area (TPSA) is 129 Å². The predicted octanol–water partition coefficient (Wildman–Crippen LogP) is 1.64. The predicted molar refractivity (Wildman–Crippen MR) is 112 cm³/mol. The van der Waals surface area contributed by atoms with Crippen LogP contribution in [0.25, 0.3) is 16.9 Å². The summed E-state index contributed by atoms with van der Waals surface area (Å²) in [5.41, 5.74) is 1.07. The van der Waals surface area contributed by atoms with E-state index in [9.17, 15) is 22.0 Å². The molecule has 3 aromatic heterocycles. The van der Waals surface area contributed by atoms with Gasteiger partial charge < -0.3 is 18.8 Å². The fraction of sp³-hybridized carbons (Fsp3) is 0.350. The van der Waals surface area contributed by atoms with Crippen LogP contribution in [0.4, 0.5) is 13.6 Å². The first-order chi connectivity index (χ1) is 15.6. The van der Waals surface area contributed by atoms with E-state index in [0.29, 0.717) is 24.0 Å². The summed E-state index contributed by atoms with van der Waals surface area (Å²) in [6.45, 7) is 2.66. The van der Waals surface area contributed by atoms with Gasteiger partial charge in [-0.25, -0.2) is 32.7 Å². The molecule has 0 radical (unpaired) electrons. The highest BCUT2D eigenvalue weighted by atomic mass is 32.2. The number of imidazole rings is 1. The van der Waals surface area contributed by atoms with Gasteiger partial charge in [0, 0.05) is 25.2 Å². The standard InChI is InChI=1S/C20H21F2N5O5S/c1-11-3-4-27-14(8-12-10-26(5-6-32-12)20(28)31-2)18(24-15(27)7-11)17-13(21)9-16(25-19(17)22)33(23,29)30/h3-4,7,9,12H,5-6,8,10H2,1-2H3,(H2,23,29,30)/t12-/m0/s1. The SMILES string of the molecule is COC(=O)N1CCO[C@@H](Cc2c(-c3c(F)cc(S(N)(=O)=O)nc3F)nc3cc(C)ccn23)C1. The van der Waals surface area contributed by atoms with Crippen molar-refractivity contribution in [3.63, 3.8) is 0 Å². The molecule has 176 valence electrons. The van der Waals surface area contributed by atoms with Gasteiger partial charge in [0.05, 0.1) is 37.6 Å². The summed E-state index contributed by atoms with van der Waals surface area (Å²) in [5, 5.41) is 4.04. The van der Waals surface area contributed by atoms with Gasteiger partial charge in [0.1, 0.15) is 17.2 Å². The Morgan fingerprint density at radius 2 is 2.09 bits per heavy atom. The first-order valence-electron chi connectivity index (χ1n) is 9.89. The third-order valence-corrected chi connectivity index (χ3v) is 6.10. The maximum Gasteiger partial charge on any atom is 0.409 e. The zero-order chi connectivity index (χ0) is 23.9. The van der Waals surface area contributed by atoms with Crippen LogP contribution in [0.1, 0.15) is 11.3 Å². The summed E-state index contributed by atoms with van der Waals surface area (Å²) >= 11 is 0. The normalized spacial score (nSPS) is 16.9. The molecule has 10 nitrogen and oxygen atoms in total. The fourth-order valence-electron chi connectivity index (χ4n) is 3.77. The van der Waals surface area contributed by atoms with E-state index in [2.05, 4.69) is 9.97 Å². The van der Waals surface area contributed by atoms with Crippen molar-refractivity contribution < 1.29 is 31.5 Å². The lowest BCUT2D eigenvalue weighted by molar-refractivity contribution is -0.0241. The number of sulfonamides is 1. The van der Waals surface area contributed by atoms with Crippen molar-refractivity contribution in [2.75, 3.05) is 26.8 Å². The van der Waals surface area contributed by atoms with Crippen molar-refractivity contribution in [2.24, 2.45) is 5.14 Å². The number of carbonyl (C=O) groups excluding carboxylic acids is 1. The summed E-state index contributed by atoms with van der Waals surface area (Å²) < 4.78 is 65.1. The molecule has 1 aliphatic rings. The van der Waals surface area contributed by atoms with E-state index in [4.69, 9.17) is 14.6 Å². The molecular weight excluding hydrogens is 460 g/mol. The van der Waals surface area contributed by atoms with Gasteiger partial charge in [-0.15, -0.1) is 0 Å². The lowest BCUT2D eigenvalue weighted by atomic mass is 10.1. The molecule has 1 aliphatic heterocycles. The molecule has 0 aromatic carbocycles. The first kappa shape index (κ1) is 23.0. The Morgan fingerprint density at radius 1 is 1.33 bits per heavy atom. The highest BCUT2D eigenvalue weighted by Gasteiger charge is 2.30. The molecule has 4 heterocycles. The van der Waals surface area contributed by atoms with E-state index < -0.39 is 44.6 Å². The van der Waals surface area contributed by atoms with E-state index in [1.54, 1.807) is 22.7 Å². The minimum Gasteiger partial charge on any atom is -0.453 e. The quantitative estimate of drug-likeness (QED) is 0.561. The second-order valence-electron chi connectivity index (χ2n) is 7.61. The zero-order valence-corrected chi connectivity index (χ0v) is 18.6. The van der Waals surface area contributed by atoms with Crippen molar-refractivity contribution in [1.82, 2.24) is 19.3 Å². The number of aryl methyl sites for hydroxylation is 1. The van der Waals surface area contributed by atoms with Gasteiger partial charge in [0.2, 0.25) is 5.95 Å². The van der Waals surface area contributed by atoms with E-state index in [-0.39, 0.29) is 25.3 Å². The summed E-state index contributed by atoms with van der Waals surface area (Å²) in [6.07, 6.45) is 0.861. The molecule has 2 N–H and O–H groups in total. The van der Waals surface area contributed by atoms with Crippen LogP contribution in [0.2, 0.25) is 0 Å². The number of pyridine rings is 2. The second kappa shape index (κ2) is 8.65. The highest BCUT2D eigenvalue weighted by molar-refractivity contribution is 7.89. The molecule has 33 heavy (non-hydrogen) atoms. The molecule has 1 fully saturated rings. The van der Waals surface area contributed by atoms with Crippen molar-refractivity contribution in [2.45, 2.75) is 24.5 Å². The molecule has 1 amide bonds. The minimum absolute atomic E-state index is 0.0529. The van der Waals surface area contributed by atoms with Crippen LogP contribution in [0, 0.1) is 18.7 Å². The highest BCUT2D eigenvalue weighted by Crippen LogP contribution is 2.31. The van der Waals surface area contributed by atoms with Gasteiger partial charge in [-0.3, -0.25) is 0 Å². The Kier molecular flexibility index (Phi) is 6.03. The van der Waals surface area contributed by atoms with Crippen LogP contribution in [-0.2, 0) is 25.9 Å². The maximum atomic E-state index is 15.0. The minimum atomic E-state index is -4.41. The summed E-state index contributed by atoms with van der Waals surface area (Å²) in [7, 11) is -3.13. The molecule has 0 unspecified atom stereocenters. The number of nitrogens with two attached hydrogens (primary N) is 1. The lowest BCUT2D eigenvalue weighted by Crippen LogP contribution is -2.46. The molecular formula is C20H21F2N5O5S. The summed E-state index contributed by atoms with van der Waals surface area (Å²) in [5.74, 6) is -2.53. The van der Waals surface area contributed by atoms with Crippen LogP contribution < -0.4 is 5.14 Å². The number of primary sulfonamides is 1. The van der Waals surface area contributed by atoms with Crippen molar-refractivity contribution in [3.05, 3.63) is 47.4 Å². The zero-order valence-electron chi connectivity index (χ0n) is 17.8. The number of hydrogen-bond acceptors (Lipinski definition) is 7. The van der Waals surface area contributed by atoms with E-state index >= 15 is 0 Å². The number of methoxy groups -OCH3 is 1. The largest absolute Gasteiger partial charge is 0.453 e. The molecule has 4 rings (SSSR count). The van der Waals surface area contributed by atoms with Gasteiger partial charge in [-0.05, 0) is 24.6 Å². The Bertz CT molecular complexity index is 1320. The number of ether oxygens (including phenoxy) is 2. The molecule has 1 atom stereocenters. The van der Waals surface area contributed by atoms with E-state index in [1.807, 2.05) is 6.92 Å². The number of nitrogens with zero attached hydrogens (tertiary/aromatic N) is 4. The number of hydrogen-bond donors (Lipinski definition) is 1. The van der Waals surface area contributed by atoms with E-state index in [0.717, 1.165) is 5.56 Å². The molecule has 3 aromatic rings. The number of aromatic nitrogens is 3. The van der Waals surface area contributed by atoms with Gasteiger partial charge in [-0.2, -0.15) is 4.39 Å². The summed E-state index contributed by atoms with van der Waals surface area (Å²) in [4.78, 5) is 21.1. The number of carbonyl (C=O) groups is 1. The summed E-state index contributed by atoms with van der Waals surface area (Å²) in [6, 6.07) is 4.10. The number of amides is 1. The van der Waals surface area contributed by atoms with Crippen LogP contribution in [-0.4, -0.2) is 66.7 Å². The molecule has 13 heteroatoms. The third kappa shape index (κ3) is 4.51. The fourth-order valence-corrected chi connectivity index (χ4v) is 4.24. The van der Waals surface area contributed by atoms with Crippen molar-refractivity contribution in [3.8, 4) is 11.3 Å². The molecule has 1 saturated heterocycles. The molecule has 0 spiro atoms. The number of morpholine rings is 1. The molecule has 0 bridgehead atoms. The average molecular weight is 481 g/mol. The van der Waals surface area contributed by atoms with E-state index in [1.165, 1.54) is 12.0 Å². The third-order valence-electron chi connectivity index (χ3n) is 5.31. The number of rotatable bonds is 4. The van der Waals surface area contributed by atoms with Crippen LogP contribution in [0.5, 0.6) is 0 Å². The first-order valence-corrected chi connectivity index (χ1v) is 11.4. The number of fused-ring (bicyclic) bond motifs is 1. The Labute approximate surface area is 188 Å². The lowest BCUT2D eigenvalue weighted by Gasteiger charge is -2.32. The van der Waals surface area contributed by atoms with Gasteiger partial charge >= 0.3 is 6.09 Å². The second-order valence-corrected chi connectivity index (χ2v) is 9.11. The van der Waals surface area contributed by atoms with Gasteiger partial charge in [0.15, 0.2) is 5.03 Å². The van der Waals surface area contributed by atoms with Gasteiger partial charge in [0.25, 0.3) is 10.0 Å². The maximum absolute atomic E-state index is 15.0. The molecule has 0 saturated carbocycles. The van der Waals surface area contributed by atoms with Gasteiger partial charge in [-0.1, -0.05) is 0 Å². The van der Waals surface area contributed by atoms with Crippen molar-refractivity contribution in [1.29, 1.82) is 0 Å². The Morgan fingerprint density at radius 3 is 2.76 bits per heavy atom. The Balaban J connectivity index is 1.82. The monoisotopic (exact) mass is 481 g/mol. The van der Waals surface area contributed by atoms with Crippen LogP contribution in [0.15, 0.2) is 29.4 Å².